The lowest BCUT2D eigenvalue weighted by Gasteiger charge is -2.20. The molecular weight excluding hydrogens is 528 g/mol. The maximum atomic E-state index is 13.0. The summed E-state index contributed by atoms with van der Waals surface area (Å²) >= 11 is 2.83. The van der Waals surface area contributed by atoms with E-state index in [9.17, 15) is 9.59 Å². The van der Waals surface area contributed by atoms with Crippen LogP contribution < -0.4 is 16.1 Å². The molecule has 1 aromatic carbocycles. The number of amides is 2. The van der Waals surface area contributed by atoms with Gasteiger partial charge in [-0.25, -0.2) is 10.5 Å². The molecule has 1 saturated heterocycles. The summed E-state index contributed by atoms with van der Waals surface area (Å²) in [6, 6.07) is 7.90. The fourth-order valence-corrected chi connectivity index (χ4v) is 6.13. The minimum Gasteiger partial charge on any atom is -0.347 e. The SMILES string of the molecule is C=CC.C=CCc1nc(C2CCNCC2)sc1C(=O)NCc1ccc(C2=CCC=C(C(=O)NO)S2)cc1.CC. The van der Waals surface area contributed by atoms with Crippen molar-refractivity contribution in [1.29, 1.82) is 0 Å². The van der Waals surface area contributed by atoms with Gasteiger partial charge in [-0.2, -0.15) is 0 Å². The molecule has 0 atom stereocenters. The zero-order valence-electron chi connectivity index (χ0n) is 23.1. The first-order chi connectivity index (χ1) is 19.0. The largest absolute Gasteiger partial charge is 0.347 e. The molecule has 0 spiro atoms. The molecule has 39 heavy (non-hydrogen) atoms. The summed E-state index contributed by atoms with van der Waals surface area (Å²) in [6.45, 7) is 15.5. The molecule has 9 heteroatoms. The van der Waals surface area contributed by atoms with Crippen molar-refractivity contribution < 1.29 is 14.8 Å². The fraction of sp³-hybridized carbons (Fsp3) is 0.367. The molecule has 1 aromatic heterocycles. The van der Waals surface area contributed by atoms with Crippen LogP contribution in [0.5, 0.6) is 0 Å². The van der Waals surface area contributed by atoms with Crippen LogP contribution >= 0.6 is 23.1 Å². The van der Waals surface area contributed by atoms with Crippen LogP contribution in [0.2, 0.25) is 0 Å². The van der Waals surface area contributed by atoms with Gasteiger partial charge in [-0.15, -0.1) is 24.5 Å². The van der Waals surface area contributed by atoms with Gasteiger partial charge < -0.3 is 10.6 Å². The first-order valence-corrected chi connectivity index (χ1v) is 14.9. The lowest BCUT2D eigenvalue weighted by Crippen LogP contribution is -2.26. The van der Waals surface area contributed by atoms with Crippen molar-refractivity contribution in [3.63, 3.8) is 0 Å². The molecule has 3 heterocycles. The van der Waals surface area contributed by atoms with Gasteiger partial charge in [-0.1, -0.05) is 74.2 Å². The summed E-state index contributed by atoms with van der Waals surface area (Å²) in [5.74, 6) is -0.194. The first-order valence-electron chi connectivity index (χ1n) is 13.3. The quantitative estimate of drug-likeness (QED) is 0.168. The number of benzene rings is 1. The van der Waals surface area contributed by atoms with Crippen LogP contribution in [0.1, 0.15) is 77.5 Å². The molecule has 0 saturated carbocycles. The normalized spacial score (nSPS) is 14.8. The number of nitrogens with one attached hydrogen (secondary N) is 3. The molecule has 0 radical (unpaired) electrons. The molecule has 2 aliphatic heterocycles. The van der Waals surface area contributed by atoms with Gasteiger partial charge in [0.2, 0.25) is 0 Å². The summed E-state index contributed by atoms with van der Waals surface area (Å²) in [5, 5.41) is 16.3. The predicted octanol–water partition coefficient (Wildman–Crippen LogP) is 6.35. The zero-order chi connectivity index (χ0) is 28.6. The van der Waals surface area contributed by atoms with Crippen LogP contribution in [0.15, 0.2) is 66.6 Å². The number of piperidine rings is 1. The van der Waals surface area contributed by atoms with E-state index in [1.54, 1.807) is 23.7 Å². The standard InChI is InChI=1S/C25H28N4O3S2.C3H6.C2H6/c1-2-4-19-22(34-25(28-19)18-11-13-26-14-12-18)24(31)27-15-16-7-9-17(10-8-16)20-5-3-6-21(33-20)23(30)29-32;1-3-2;1-2/h2,5-10,18,26,32H,1,3-4,11-15H2,(H,27,31)(H,29,30);3H,1H2,2H3;1-2H3. The highest BCUT2D eigenvalue weighted by Gasteiger charge is 2.24. The average Bonchev–Trinajstić information content (AvgIpc) is 3.42. The minimum atomic E-state index is -0.503. The number of thiazole rings is 1. The number of carbonyl (C=O) groups is 2. The number of carbonyl (C=O) groups excluding carboxylic acids is 2. The zero-order valence-corrected chi connectivity index (χ0v) is 24.7. The maximum absolute atomic E-state index is 13.0. The second-order valence-corrected chi connectivity index (χ2v) is 10.7. The van der Waals surface area contributed by atoms with Gasteiger partial charge in [-0.3, -0.25) is 14.8 Å². The maximum Gasteiger partial charge on any atom is 0.281 e. The van der Waals surface area contributed by atoms with E-state index in [0.29, 0.717) is 35.1 Å². The molecular formula is C30H40N4O3S2. The Morgan fingerprint density at radius 2 is 1.79 bits per heavy atom. The molecule has 1 fully saturated rings. The van der Waals surface area contributed by atoms with E-state index in [4.69, 9.17) is 10.2 Å². The summed E-state index contributed by atoms with van der Waals surface area (Å²) in [6.07, 6.45) is 10.7. The monoisotopic (exact) mass is 568 g/mol. The number of aromatic nitrogens is 1. The van der Waals surface area contributed by atoms with Crippen LogP contribution in [-0.2, 0) is 17.8 Å². The number of hydrogen-bond donors (Lipinski definition) is 4. The second kappa shape index (κ2) is 17.6. The summed E-state index contributed by atoms with van der Waals surface area (Å²) < 4.78 is 0. The van der Waals surface area contributed by atoms with Crippen LogP contribution in [0, 0.1) is 0 Å². The lowest BCUT2D eigenvalue weighted by atomic mass is 9.99. The van der Waals surface area contributed by atoms with Crippen molar-refractivity contribution in [2.75, 3.05) is 13.1 Å². The molecule has 210 valence electrons. The summed E-state index contributed by atoms with van der Waals surface area (Å²) in [5.41, 5.74) is 4.45. The Kier molecular flexibility index (Phi) is 14.5. The second-order valence-electron chi connectivity index (χ2n) is 8.55. The number of hydrogen-bond acceptors (Lipinski definition) is 7. The number of nitrogens with zero attached hydrogens (tertiary/aromatic N) is 1. The average molecular weight is 569 g/mol. The number of hydroxylamine groups is 1. The van der Waals surface area contributed by atoms with Gasteiger partial charge in [-0.05, 0) is 50.4 Å². The first kappa shape index (κ1) is 32.2. The van der Waals surface area contributed by atoms with E-state index in [2.05, 4.69) is 23.8 Å². The third-order valence-corrected chi connectivity index (χ3v) is 8.24. The van der Waals surface area contributed by atoms with E-state index < -0.39 is 5.91 Å². The number of allylic oxidation sites excluding steroid dienone is 4. The molecule has 2 amide bonds. The third-order valence-electron chi connectivity index (χ3n) is 5.79. The van der Waals surface area contributed by atoms with Crippen LogP contribution in [0.3, 0.4) is 0 Å². The van der Waals surface area contributed by atoms with Gasteiger partial charge in [0.15, 0.2) is 0 Å². The highest BCUT2D eigenvalue weighted by atomic mass is 32.2. The smallest absolute Gasteiger partial charge is 0.281 e. The lowest BCUT2D eigenvalue weighted by molar-refractivity contribution is -0.124. The molecule has 4 rings (SSSR count). The van der Waals surface area contributed by atoms with Crippen molar-refractivity contribution >= 4 is 39.8 Å². The van der Waals surface area contributed by atoms with Gasteiger partial charge in [0.1, 0.15) is 4.88 Å². The molecule has 2 aliphatic rings. The Morgan fingerprint density at radius 3 is 2.41 bits per heavy atom. The van der Waals surface area contributed by atoms with E-state index in [0.717, 1.165) is 52.7 Å². The molecule has 0 unspecified atom stereocenters. The summed E-state index contributed by atoms with van der Waals surface area (Å²) in [4.78, 5) is 31.6. The van der Waals surface area contributed by atoms with Crippen molar-refractivity contribution in [3.8, 4) is 0 Å². The van der Waals surface area contributed by atoms with Crippen molar-refractivity contribution in [3.05, 3.63) is 93.3 Å². The summed E-state index contributed by atoms with van der Waals surface area (Å²) in [7, 11) is 0. The Hall–Kier alpha value is -2.98. The number of thioether (sulfide) groups is 1. The Morgan fingerprint density at radius 1 is 1.13 bits per heavy atom. The molecule has 7 nitrogen and oxygen atoms in total. The Labute approximate surface area is 240 Å². The van der Waals surface area contributed by atoms with Gasteiger partial charge in [0.05, 0.1) is 15.6 Å². The predicted molar refractivity (Wildman–Crippen MR) is 164 cm³/mol. The molecule has 0 bridgehead atoms. The minimum absolute atomic E-state index is 0.103. The van der Waals surface area contributed by atoms with Gasteiger partial charge in [0.25, 0.3) is 11.8 Å². The fourth-order valence-electron chi connectivity index (χ4n) is 3.96. The topological polar surface area (TPSA) is 103 Å². The van der Waals surface area contributed by atoms with E-state index in [1.165, 1.54) is 23.1 Å². The highest BCUT2D eigenvalue weighted by Crippen LogP contribution is 2.37. The highest BCUT2D eigenvalue weighted by molar-refractivity contribution is 8.12. The third kappa shape index (κ3) is 9.61. The van der Waals surface area contributed by atoms with Crippen molar-refractivity contribution in [2.24, 2.45) is 0 Å². The van der Waals surface area contributed by atoms with E-state index in [1.807, 2.05) is 51.1 Å². The van der Waals surface area contributed by atoms with Crippen molar-refractivity contribution in [2.45, 2.75) is 58.9 Å². The molecule has 4 N–H and O–H groups in total. The molecule has 2 aromatic rings. The van der Waals surface area contributed by atoms with E-state index in [-0.39, 0.29) is 5.91 Å². The van der Waals surface area contributed by atoms with Crippen LogP contribution in [0.4, 0.5) is 0 Å². The van der Waals surface area contributed by atoms with Crippen LogP contribution in [0.25, 0.3) is 4.91 Å². The van der Waals surface area contributed by atoms with E-state index >= 15 is 0 Å². The van der Waals surface area contributed by atoms with Gasteiger partial charge in [0, 0.05) is 23.8 Å². The Balaban J connectivity index is 0.000000998. The molecule has 0 aliphatic carbocycles. The Bertz CT molecular complexity index is 1160. The van der Waals surface area contributed by atoms with Gasteiger partial charge >= 0.3 is 0 Å². The number of rotatable bonds is 8. The van der Waals surface area contributed by atoms with Crippen molar-refractivity contribution in [1.82, 2.24) is 21.1 Å². The van der Waals surface area contributed by atoms with Crippen LogP contribution in [-0.4, -0.2) is 35.1 Å².